The maximum Gasteiger partial charge on any atom is 0.410 e. The Bertz CT molecular complexity index is 2130. The average molecular weight is 792 g/mol. The molecular formula is C39H43ClFN7O6S. The lowest BCUT2D eigenvalue weighted by Crippen LogP contribution is -2.61. The summed E-state index contributed by atoms with van der Waals surface area (Å²) in [6.07, 6.45) is 0.966. The summed E-state index contributed by atoms with van der Waals surface area (Å²) < 4.78 is 56.2. The summed E-state index contributed by atoms with van der Waals surface area (Å²) in [6, 6.07) is 19.4. The molecule has 4 atom stereocenters. The second kappa shape index (κ2) is 17.5. The van der Waals surface area contributed by atoms with E-state index in [-0.39, 0.29) is 42.1 Å². The Balaban J connectivity index is 1.47. The predicted octanol–water partition coefficient (Wildman–Crippen LogP) is 7.96. The standard InChI is InChI=1S/C39H43ClFN7O6S/c1-25-23-47(38(50)54-39(2,3)4)24-29(48(25)55(51,52)30-10-7-6-8-11-30)19-20-31-32(41)12-9-13-33(31)44-37(49)36(45-46-42)35(26-14-17-28(40)18-15-26)27-16-21-34(53-5)43-22-27/h6-18,21-22,25,29,35-36H,19-20,23-24H2,1-5H3,(H,44,49)/t25-,29+,35+,36+/m1/s1. The van der Waals surface area contributed by atoms with Crippen molar-refractivity contribution < 1.29 is 31.9 Å². The molecule has 0 aliphatic carbocycles. The van der Waals surface area contributed by atoms with Gasteiger partial charge in [0.05, 0.1) is 12.0 Å². The molecule has 1 aromatic heterocycles. The van der Waals surface area contributed by atoms with Crippen LogP contribution in [0.25, 0.3) is 10.4 Å². The van der Waals surface area contributed by atoms with Crippen molar-refractivity contribution in [3.63, 3.8) is 0 Å². The molecule has 1 fully saturated rings. The summed E-state index contributed by atoms with van der Waals surface area (Å²) in [5.74, 6) is -1.86. The van der Waals surface area contributed by atoms with Crippen molar-refractivity contribution in [1.29, 1.82) is 0 Å². The molecule has 13 nitrogen and oxygen atoms in total. The van der Waals surface area contributed by atoms with Crippen molar-refractivity contribution in [3.8, 4) is 5.88 Å². The summed E-state index contributed by atoms with van der Waals surface area (Å²) >= 11 is 6.16. The maximum absolute atomic E-state index is 15.8. The Hall–Kier alpha value is -5.21. The number of nitrogens with one attached hydrogen (secondary N) is 1. The number of carbonyl (C=O) groups excluding carboxylic acids is 2. The monoisotopic (exact) mass is 791 g/mol. The highest BCUT2D eigenvalue weighted by atomic mass is 35.5. The molecule has 1 aliphatic heterocycles. The van der Waals surface area contributed by atoms with Crippen LogP contribution in [0.5, 0.6) is 5.88 Å². The number of aromatic nitrogens is 1. The van der Waals surface area contributed by atoms with Crippen molar-refractivity contribution in [2.75, 3.05) is 25.5 Å². The Morgan fingerprint density at radius 1 is 1.04 bits per heavy atom. The number of azide groups is 1. The van der Waals surface area contributed by atoms with E-state index in [1.54, 1.807) is 82.3 Å². The number of rotatable bonds is 12. The van der Waals surface area contributed by atoms with Gasteiger partial charge in [0, 0.05) is 64.5 Å². The zero-order valence-corrected chi connectivity index (χ0v) is 32.7. The average Bonchev–Trinajstić information content (AvgIpc) is 3.14. The van der Waals surface area contributed by atoms with Gasteiger partial charge < -0.3 is 19.7 Å². The van der Waals surface area contributed by atoms with Gasteiger partial charge in [-0.2, -0.15) is 4.31 Å². The summed E-state index contributed by atoms with van der Waals surface area (Å²) in [7, 11) is -2.58. The van der Waals surface area contributed by atoms with E-state index in [1.807, 2.05) is 0 Å². The number of sulfonamides is 1. The number of halogens is 2. The van der Waals surface area contributed by atoms with Gasteiger partial charge in [-0.15, -0.1) is 0 Å². The zero-order chi connectivity index (χ0) is 39.9. The van der Waals surface area contributed by atoms with Crippen LogP contribution in [0.1, 0.15) is 56.7 Å². The Morgan fingerprint density at radius 3 is 2.35 bits per heavy atom. The number of amides is 2. The smallest absolute Gasteiger partial charge is 0.410 e. The first-order valence-corrected chi connectivity index (χ1v) is 19.4. The van der Waals surface area contributed by atoms with E-state index in [0.29, 0.717) is 22.0 Å². The quantitative estimate of drug-likeness (QED) is 0.0863. The molecule has 1 saturated heterocycles. The van der Waals surface area contributed by atoms with E-state index in [1.165, 1.54) is 52.8 Å². The maximum atomic E-state index is 15.8. The molecule has 3 aromatic carbocycles. The molecule has 0 spiro atoms. The van der Waals surface area contributed by atoms with Gasteiger partial charge in [-0.3, -0.25) is 4.79 Å². The molecule has 16 heteroatoms. The van der Waals surface area contributed by atoms with Gasteiger partial charge in [-0.25, -0.2) is 22.6 Å². The number of methoxy groups -OCH3 is 1. The van der Waals surface area contributed by atoms with Crippen molar-refractivity contribution >= 4 is 39.3 Å². The number of carbonyl (C=O) groups is 2. The van der Waals surface area contributed by atoms with Crippen LogP contribution in [0, 0.1) is 5.82 Å². The molecule has 1 N–H and O–H groups in total. The predicted molar refractivity (Wildman–Crippen MR) is 207 cm³/mol. The molecule has 2 amide bonds. The Morgan fingerprint density at radius 2 is 1.73 bits per heavy atom. The van der Waals surface area contributed by atoms with E-state index in [4.69, 9.17) is 21.1 Å². The first-order valence-electron chi connectivity index (χ1n) is 17.6. The van der Waals surface area contributed by atoms with Crippen LogP contribution in [0.2, 0.25) is 5.02 Å². The van der Waals surface area contributed by atoms with Gasteiger partial charge in [-0.1, -0.05) is 59.2 Å². The minimum absolute atomic E-state index is 0.0148. The van der Waals surface area contributed by atoms with Crippen LogP contribution in [0.3, 0.4) is 0 Å². The van der Waals surface area contributed by atoms with Crippen LogP contribution >= 0.6 is 11.6 Å². The molecule has 0 bridgehead atoms. The second-order valence-electron chi connectivity index (χ2n) is 14.1. The zero-order valence-electron chi connectivity index (χ0n) is 31.1. The lowest BCUT2D eigenvalue weighted by Gasteiger charge is -2.44. The summed E-state index contributed by atoms with van der Waals surface area (Å²) in [4.78, 5) is 36.2. The minimum Gasteiger partial charge on any atom is -0.481 e. The van der Waals surface area contributed by atoms with Crippen LogP contribution in [0.15, 0.2) is 101 Å². The SMILES string of the molecule is COc1ccc([C@H](c2ccc(Cl)cc2)[C@H](N=[N+]=[N-])C(=O)Nc2cccc(F)c2CC[C@H]2CN(C(=O)OC(C)(C)C)C[C@@H](C)N2S(=O)(=O)c2ccccc2)cn1. The van der Waals surface area contributed by atoms with E-state index < -0.39 is 57.5 Å². The lowest BCUT2D eigenvalue weighted by atomic mass is 9.85. The van der Waals surface area contributed by atoms with E-state index in [2.05, 4.69) is 20.3 Å². The van der Waals surface area contributed by atoms with Gasteiger partial charge in [-0.05, 0) is 93.6 Å². The second-order valence-corrected chi connectivity index (χ2v) is 16.4. The van der Waals surface area contributed by atoms with Crippen molar-refractivity contribution in [1.82, 2.24) is 14.2 Å². The first-order chi connectivity index (χ1) is 26.1. The summed E-state index contributed by atoms with van der Waals surface area (Å²) in [5.41, 5.74) is 10.2. The number of anilines is 1. The normalized spacial score (nSPS) is 17.4. The summed E-state index contributed by atoms with van der Waals surface area (Å²) in [5, 5.41) is 7.13. The van der Waals surface area contributed by atoms with Crippen LogP contribution in [0.4, 0.5) is 14.9 Å². The van der Waals surface area contributed by atoms with E-state index in [0.717, 1.165) is 0 Å². The highest BCUT2D eigenvalue weighted by molar-refractivity contribution is 7.89. The minimum atomic E-state index is -4.05. The third-order valence-corrected chi connectivity index (χ3v) is 11.4. The van der Waals surface area contributed by atoms with Crippen LogP contribution in [-0.2, 0) is 26.0 Å². The number of benzene rings is 3. The fourth-order valence-corrected chi connectivity index (χ4v) is 8.68. The largest absolute Gasteiger partial charge is 0.481 e. The number of hydrogen-bond acceptors (Lipinski definition) is 8. The molecule has 1 aliphatic rings. The molecule has 2 heterocycles. The highest BCUT2D eigenvalue weighted by Gasteiger charge is 2.43. The van der Waals surface area contributed by atoms with Crippen LogP contribution in [-0.4, -0.2) is 78.5 Å². The summed E-state index contributed by atoms with van der Waals surface area (Å²) in [6.45, 7) is 7.01. The van der Waals surface area contributed by atoms with E-state index in [9.17, 15) is 23.5 Å². The fourth-order valence-electron chi connectivity index (χ4n) is 6.71. The van der Waals surface area contributed by atoms with E-state index >= 15 is 4.39 Å². The molecular weight excluding hydrogens is 749 g/mol. The van der Waals surface area contributed by atoms with Gasteiger partial charge >= 0.3 is 6.09 Å². The number of nitrogens with zero attached hydrogens (tertiary/aromatic N) is 6. The first kappa shape index (κ1) is 41.0. The molecule has 55 heavy (non-hydrogen) atoms. The van der Waals surface area contributed by atoms with Gasteiger partial charge in [0.2, 0.25) is 21.8 Å². The van der Waals surface area contributed by atoms with Crippen molar-refractivity contribution in [2.45, 2.75) is 75.1 Å². The fraction of sp³-hybridized carbons (Fsp3) is 0.359. The van der Waals surface area contributed by atoms with Crippen molar-refractivity contribution in [3.05, 3.63) is 129 Å². The van der Waals surface area contributed by atoms with Gasteiger partial charge in [0.15, 0.2) is 0 Å². The molecule has 0 radical (unpaired) electrons. The molecule has 0 saturated carbocycles. The van der Waals surface area contributed by atoms with Crippen LogP contribution < -0.4 is 10.1 Å². The topological polar surface area (TPSA) is 167 Å². The lowest BCUT2D eigenvalue weighted by molar-refractivity contribution is -0.117. The number of hydrogen-bond donors (Lipinski definition) is 1. The molecule has 5 rings (SSSR count). The van der Waals surface area contributed by atoms with Crippen molar-refractivity contribution in [2.24, 2.45) is 5.11 Å². The highest BCUT2D eigenvalue weighted by Crippen LogP contribution is 2.34. The number of piperazine rings is 1. The third kappa shape index (κ3) is 9.92. The molecule has 0 unspecified atom stereocenters. The Labute approximate surface area is 325 Å². The molecule has 290 valence electrons. The third-order valence-electron chi connectivity index (χ3n) is 9.10. The van der Waals surface area contributed by atoms with Gasteiger partial charge in [0.1, 0.15) is 17.5 Å². The Kier molecular flexibility index (Phi) is 13.0. The number of ether oxygens (including phenoxy) is 2. The molecule has 4 aromatic rings. The van der Waals surface area contributed by atoms with Gasteiger partial charge in [0.25, 0.3) is 0 Å². The number of pyridine rings is 1.